The van der Waals surface area contributed by atoms with E-state index in [-0.39, 0.29) is 17.7 Å². The maximum atomic E-state index is 12.6. The minimum absolute atomic E-state index is 0.0278. The second-order valence-electron chi connectivity index (χ2n) is 8.68. The molecule has 0 aromatic heterocycles. The molecular weight excluding hydrogens is 432 g/mol. The molecule has 0 aliphatic carbocycles. The molecule has 2 aliphatic rings. The van der Waals surface area contributed by atoms with Crippen LogP contribution in [-0.2, 0) is 20.9 Å². The molecule has 0 saturated carbocycles. The molecule has 0 spiro atoms. The van der Waals surface area contributed by atoms with Crippen LogP contribution in [0.3, 0.4) is 0 Å². The molecule has 2 aliphatic heterocycles. The van der Waals surface area contributed by atoms with Crippen LogP contribution in [0.4, 0.5) is 11.4 Å². The topological polar surface area (TPSA) is 91.0 Å². The van der Waals surface area contributed by atoms with Gasteiger partial charge >= 0.3 is 0 Å². The van der Waals surface area contributed by atoms with Crippen molar-refractivity contribution in [1.29, 1.82) is 0 Å². The number of benzene rings is 2. The highest BCUT2D eigenvalue weighted by molar-refractivity contribution is 5.97. The molecule has 0 atom stereocenters. The van der Waals surface area contributed by atoms with Crippen molar-refractivity contribution in [2.75, 3.05) is 49.6 Å². The summed E-state index contributed by atoms with van der Waals surface area (Å²) in [5.41, 5.74) is 2.99. The van der Waals surface area contributed by atoms with Crippen LogP contribution in [0.5, 0.6) is 0 Å². The van der Waals surface area contributed by atoms with Gasteiger partial charge in [-0.1, -0.05) is 12.1 Å². The van der Waals surface area contributed by atoms with Crippen LogP contribution in [0.2, 0.25) is 0 Å². The highest BCUT2D eigenvalue weighted by Crippen LogP contribution is 2.21. The number of rotatable bonds is 8. The molecule has 3 amide bonds. The molecule has 2 saturated heterocycles. The first-order valence-corrected chi connectivity index (χ1v) is 12.0. The largest absolute Gasteiger partial charge is 0.379 e. The monoisotopic (exact) mass is 464 g/mol. The molecule has 2 aromatic rings. The van der Waals surface area contributed by atoms with Gasteiger partial charge in [0.05, 0.1) is 13.2 Å². The maximum Gasteiger partial charge on any atom is 0.251 e. The fraction of sp³-hybridized carbons (Fsp3) is 0.423. The van der Waals surface area contributed by atoms with Gasteiger partial charge in [-0.2, -0.15) is 0 Å². The molecule has 180 valence electrons. The van der Waals surface area contributed by atoms with Crippen molar-refractivity contribution in [2.24, 2.45) is 0 Å². The molecular formula is C26H32N4O4. The molecule has 8 heteroatoms. The summed E-state index contributed by atoms with van der Waals surface area (Å²) in [6, 6.07) is 14.6. The summed E-state index contributed by atoms with van der Waals surface area (Å²) in [7, 11) is 0. The number of carbonyl (C=O) groups excluding carboxylic acids is 3. The lowest BCUT2D eigenvalue weighted by Gasteiger charge is -2.26. The zero-order valence-electron chi connectivity index (χ0n) is 19.4. The fourth-order valence-electron chi connectivity index (χ4n) is 4.22. The number of piperidine rings is 1. The molecule has 2 heterocycles. The molecule has 2 fully saturated rings. The summed E-state index contributed by atoms with van der Waals surface area (Å²) in [5.74, 6) is -0.0760. The SMILES string of the molecule is O=C(CCN1CCOCC1)Nc1cccc(CNC(=O)c2ccc(N3CCCCC3=O)cc2)c1. The molecule has 0 unspecified atom stereocenters. The van der Waals surface area contributed by atoms with Gasteiger partial charge in [-0.3, -0.25) is 19.3 Å². The van der Waals surface area contributed by atoms with E-state index in [0.717, 1.165) is 63.5 Å². The van der Waals surface area contributed by atoms with E-state index in [4.69, 9.17) is 4.74 Å². The van der Waals surface area contributed by atoms with Crippen molar-refractivity contribution in [3.8, 4) is 0 Å². The van der Waals surface area contributed by atoms with Crippen molar-refractivity contribution in [2.45, 2.75) is 32.2 Å². The summed E-state index contributed by atoms with van der Waals surface area (Å²) < 4.78 is 5.33. The van der Waals surface area contributed by atoms with Gasteiger partial charge in [0, 0.05) is 62.5 Å². The maximum absolute atomic E-state index is 12.6. The van der Waals surface area contributed by atoms with E-state index in [9.17, 15) is 14.4 Å². The predicted octanol–water partition coefficient (Wildman–Crippen LogP) is 2.79. The molecule has 2 N–H and O–H groups in total. The van der Waals surface area contributed by atoms with Crippen molar-refractivity contribution in [3.05, 3.63) is 59.7 Å². The van der Waals surface area contributed by atoms with Crippen LogP contribution in [0.15, 0.2) is 48.5 Å². The molecule has 0 bridgehead atoms. The number of nitrogens with zero attached hydrogens (tertiary/aromatic N) is 2. The molecule has 0 radical (unpaired) electrons. The van der Waals surface area contributed by atoms with Crippen molar-refractivity contribution in [3.63, 3.8) is 0 Å². The second-order valence-corrected chi connectivity index (χ2v) is 8.68. The zero-order chi connectivity index (χ0) is 23.8. The third-order valence-electron chi connectivity index (χ3n) is 6.19. The number of amides is 3. The number of anilines is 2. The Labute approximate surface area is 200 Å². The van der Waals surface area contributed by atoms with Crippen LogP contribution in [0.25, 0.3) is 0 Å². The first-order valence-electron chi connectivity index (χ1n) is 12.0. The van der Waals surface area contributed by atoms with Crippen LogP contribution in [-0.4, -0.2) is 62.0 Å². The number of hydrogen-bond acceptors (Lipinski definition) is 5. The Morgan fingerprint density at radius 3 is 2.53 bits per heavy atom. The van der Waals surface area contributed by atoms with Crippen molar-refractivity contribution >= 4 is 29.1 Å². The Kier molecular flexibility index (Phi) is 8.27. The molecule has 8 nitrogen and oxygen atoms in total. The van der Waals surface area contributed by atoms with Gasteiger partial charge in [-0.05, 0) is 54.8 Å². The number of hydrogen-bond donors (Lipinski definition) is 2. The third kappa shape index (κ3) is 6.65. The van der Waals surface area contributed by atoms with Crippen LogP contribution < -0.4 is 15.5 Å². The summed E-state index contributed by atoms with van der Waals surface area (Å²) in [4.78, 5) is 41.0. The van der Waals surface area contributed by atoms with E-state index in [1.807, 2.05) is 36.4 Å². The molecule has 34 heavy (non-hydrogen) atoms. The highest BCUT2D eigenvalue weighted by atomic mass is 16.5. The first kappa shape index (κ1) is 23.9. The number of carbonyl (C=O) groups is 3. The van der Waals surface area contributed by atoms with E-state index in [1.165, 1.54) is 0 Å². The Hall–Kier alpha value is -3.23. The summed E-state index contributed by atoms with van der Waals surface area (Å²) in [5, 5.41) is 5.86. The highest BCUT2D eigenvalue weighted by Gasteiger charge is 2.19. The lowest BCUT2D eigenvalue weighted by atomic mass is 10.1. The van der Waals surface area contributed by atoms with Gasteiger partial charge in [-0.25, -0.2) is 0 Å². The number of morpholine rings is 1. The average Bonchev–Trinajstić information content (AvgIpc) is 2.87. The quantitative estimate of drug-likeness (QED) is 0.627. The van der Waals surface area contributed by atoms with Crippen LogP contribution in [0, 0.1) is 0 Å². The van der Waals surface area contributed by atoms with E-state index in [1.54, 1.807) is 17.0 Å². The lowest BCUT2D eigenvalue weighted by Crippen LogP contribution is -2.38. The Balaban J connectivity index is 1.25. The average molecular weight is 465 g/mol. The van der Waals surface area contributed by atoms with E-state index in [0.29, 0.717) is 30.6 Å². The first-order chi connectivity index (χ1) is 16.6. The predicted molar refractivity (Wildman–Crippen MR) is 131 cm³/mol. The zero-order valence-corrected chi connectivity index (χ0v) is 19.4. The minimum Gasteiger partial charge on any atom is -0.379 e. The molecule has 2 aromatic carbocycles. The number of nitrogens with one attached hydrogen (secondary N) is 2. The van der Waals surface area contributed by atoms with E-state index in [2.05, 4.69) is 15.5 Å². The second kappa shape index (κ2) is 11.8. The Morgan fingerprint density at radius 1 is 0.971 bits per heavy atom. The van der Waals surface area contributed by atoms with Gasteiger partial charge < -0.3 is 20.3 Å². The van der Waals surface area contributed by atoms with E-state index < -0.39 is 0 Å². The van der Waals surface area contributed by atoms with Gasteiger partial charge in [0.25, 0.3) is 5.91 Å². The minimum atomic E-state index is -0.184. The van der Waals surface area contributed by atoms with Crippen molar-refractivity contribution < 1.29 is 19.1 Å². The summed E-state index contributed by atoms with van der Waals surface area (Å²) >= 11 is 0. The summed E-state index contributed by atoms with van der Waals surface area (Å²) in [6.45, 7) is 4.96. The fourth-order valence-corrected chi connectivity index (χ4v) is 4.22. The Bertz CT molecular complexity index is 1000. The normalized spacial score (nSPS) is 16.8. The lowest BCUT2D eigenvalue weighted by molar-refractivity contribution is -0.119. The molecule has 4 rings (SSSR count). The Morgan fingerprint density at radius 2 is 1.76 bits per heavy atom. The number of ether oxygens (including phenoxy) is 1. The van der Waals surface area contributed by atoms with Crippen LogP contribution >= 0.6 is 0 Å². The standard InChI is InChI=1S/C26H32N4O4/c31-24(11-13-29-14-16-34-17-15-29)28-22-5-3-4-20(18-22)19-27-26(33)21-7-9-23(10-8-21)30-12-2-1-6-25(30)32/h3-5,7-10,18H,1-2,6,11-17,19H2,(H,27,33)(H,28,31). The third-order valence-corrected chi connectivity index (χ3v) is 6.19. The van der Waals surface area contributed by atoms with Crippen LogP contribution in [0.1, 0.15) is 41.6 Å². The van der Waals surface area contributed by atoms with E-state index >= 15 is 0 Å². The van der Waals surface area contributed by atoms with Gasteiger partial charge in [0.1, 0.15) is 0 Å². The van der Waals surface area contributed by atoms with Gasteiger partial charge in [-0.15, -0.1) is 0 Å². The van der Waals surface area contributed by atoms with Crippen molar-refractivity contribution in [1.82, 2.24) is 10.2 Å². The van der Waals surface area contributed by atoms with Gasteiger partial charge in [0.2, 0.25) is 11.8 Å². The summed E-state index contributed by atoms with van der Waals surface area (Å²) in [6.07, 6.45) is 2.95. The van der Waals surface area contributed by atoms with Gasteiger partial charge in [0.15, 0.2) is 0 Å². The smallest absolute Gasteiger partial charge is 0.251 e.